The molecule has 6 heteroatoms. The molecule has 118 valence electrons. The second-order valence-electron chi connectivity index (χ2n) is 5.29. The highest BCUT2D eigenvalue weighted by molar-refractivity contribution is 6.02. The third kappa shape index (κ3) is 3.84. The summed E-state index contributed by atoms with van der Waals surface area (Å²) >= 11 is 0. The maximum Gasteiger partial charge on any atom is 0.229 e. The number of likely N-dealkylation sites (tertiary alicyclic amines) is 1. The summed E-state index contributed by atoms with van der Waals surface area (Å²) in [6.07, 6.45) is 0.674. The Morgan fingerprint density at radius 2 is 1.77 bits per heavy atom. The Bertz CT molecular complexity index is 552. The van der Waals surface area contributed by atoms with E-state index < -0.39 is 0 Å². The van der Waals surface area contributed by atoms with Crippen LogP contribution in [0.1, 0.15) is 24.8 Å². The zero-order valence-electron chi connectivity index (χ0n) is 12.9. The average Bonchev–Trinajstić information content (AvgIpc) is 2.84. The van der Waals surface area contributed by atoms with E-state index in [9.17, 15) is 14.4 Å². The van der Waals surface area contributed by atoms with Gasteiger partial charge in [0.2, 0.25) is 17.7 Å². The van der Waals surface area contributed by atoms with E-state index in [2.05, 4.69) is 0 Å². The van der Waals surface area contributed by atoms with Gasteiger partial charge in [0.25, 0.3) is 0 Å². The third-order valence-corrected chi connectivity index (χ3v) is 3.71. The molecule has 1 aromatic carbocycles. The van der Waals surface area contributed by atoms with Crippen molar-refractivity contribution >= 4 is 17.7 Å². The van der Waals surface area contributed by atoms with Crippen molar-refractivity contribution in [3.8, 4) is 5.75 Å². The Morgan fingerprint density at radius 3 is 2.32 bits per heavy atom. The van der Waals surface area contributed by atoms with Crippen LogP contribution in [0.3, 0.4) is 0 Å². The fraction of sp³-hybridized carbons (Fsp3) is 0.438. The van der Waals surface area contributed by atoms with E-state index in [1.54, 1.807) is 19.1 Å². The molecule has 1 aliphatic heterocycles. The van der Waals surface area contributed by atoms with Gasteiger partial charge in [-0.3, -0.25) is 19.3 Å². The van der Waals surface area contributed by atoms with Crippen LogP contribution in [0.4, 0.5) is 0 Å². The van der Waals surface area contributed by atoms with Crippen LogP contribution in [0.2, 0.25) is 0 Å². The van der Waals surface area contributed by atoms with Crippen LogP contribution >= 0.6 is 0 Å². The number of nitrogens with zero attached hydrogens (tertiary/aromatic N) is 2. The molecule has 0 bridgehead atoms. The molecule has 22 heavy (non-hydrogen) atoms. The topological polar surface area (TPSA) is 66.9 Å². The number of methoxy groups -OCH3 is 1. The van der Waals surface area contributed by atoms with Crippen molar-refractivity contribution in [3.63, 3.8) is 0 Å². The summed E-state index contributed by atoms with van der Waals surface area (Å²) in [6, 6.07) is 7.48. The first-order valence-corrected chi connectivity index (χ1v) is 7.21. The lowest BCUT2D eigenvalue weighted by Crippen LogP contribution is -2.34. The van der Waals surface area contributed by atoms with Crippen LogP contribution < -0.4 is 4.74 Å². The van der Waals surface area contributed by atoms with Crippen molar-refractivity contribution in [2.24, 2.45) is 0 Å². The van der Waals surface area contributed by atoms with Gasteiger partial charge in [0.05, 0.1) is 7.11 Å². The lowest BCUT2D eigenvalue weighted by molar-refractivity contribution is -0.139. The zero-order valence-corrected chi connectivity index (χ0v) is 12.9. The molecule has 1 saturated heterocycles. The number of benzene rings is 1. The maximum atomic E-state index is 12.1. The predicted octanol–water partition coefficient (Wildman–Crippen LogP) is 1.19. The van der Waals surface area contributed by atoms with E-state index in [1.165, 1.54) is 4.90 Å². The Kier molecular flexibility index (Phi) is 5.14. The smallest absolute Gasteiger partial charge is 0.229 e. The van der Waals surface area contributed by atoms with Crippen LogP contribution in [-0.4, -0.2) is 48.2 Å². The number of amides is 3. The quantitative estimate of drug-likeness (QED) is 0.741. The van der Waals surface area contributed by atoms with Crippen LogP contribution in [0.25, 0.3) is 0 Å². The van der Waals surface area contributed by atoms with Crippen LogP contribution in [0, 0.1) is 0 Å². The number of carbonyl (C=O) groups excluding carboxylic acids is 3. The molecule has 3 amide bonds. The molecule has 1 fully saturated rings. The monoisotopic (exact) mass is 304 g/mol. The van der Waals surface area contributed by atoms with Crippen molar-refractivity contribution in [3.05, 3.63) is 29.8 Å². The van der Waals surface area contributed by atoms with Crippen molar-refractivity contribution in [2.75, 3.05) is 20.7 Å². The number of carbonyl (C=O) groups is 3. The number of hydrogen-bond donors (Lipinski definition) is 0. The van der Waals surface area contributed by atoms with Gasteiger partial charge in [-0.2, -0.15) is 0 Å². The minimum absolute atomic E-state index is 0.0941. The zero-order chi connectivity index (χ0) is 16.1. The largest absolute Gasteiger partial charge is 0.497 e. The summed E-state index contributed by atoms with van der Waals surface area (Å²) in [7, 11) is 3.31. The summed E-state index contributed by atoms with van der Waals surface area (Å²) in [5, 5.41) is 0. The highest BCUT2D eigenvalue weighted by Gasteiger charge is 2.29. The molecule has 6 nitrogen and oxygen atoms in total. The fourth-order valence-corrected chi connectivity index (χ4v) is 2.36. The van der Waals surface area contributed by atoms with Crippen LogP contribution in [0.5, 0.6) is 5.75 Å². The lowest BCUT2D eigenvalue weighted by atomic mass is 10.2. The number of ether oxygens (including phenoxy) is 1. The first-order chi connectivity index (χ1) is 10.5. The highest BCUT2D eigenvalue weighted by atomic mass is 16.5. The van der Waals surface area contributed by atoms with Gasteiger partial charge >= 0.3 is 0 Å². The highest BCUT2D eigenvalue weighted by Crippen LogP contribution is 2.14. The molecule has 0 aromatic heterocycles. The summed E-state index contributed by atoms with van der Waals surface area (Å²) < 4.78 is 5.09. The summed E-state index contributed by atoms with van der Waals surface area (Å²) in [6.45, 7) is 0.647. The molecule has 2 rings (SSSR count). The van der Waals surface area contributed by atoms with E-state index in [4.69, 9.17) is 4.74 Å². The van der Waals surface area contributed by atoms with E-state index >= 15 is 0 Å². The average molecular weight is 304 g/mol. The van der Waals surface area contributed by atoms with E-state index in [0.29, 0.717) is 6.54 Å². The Balaban J connectivity index is 1.83. The SMILES string of the molecule is COc1ccc(CN(C)C(=O)CCN2C(=O)CCC2=O)cc1. The van der Waals surface area contributed by atoms with Gasteiger partial charge in [-0.05, 0) is 17.7 Å². The van der Waals surface area contributed by atoms with E-state index in [1.807, 2.05) is 24.3 Å². The summed E-state index contributed by atoms with van der Waals surface area (Å²) in [5.74, 6) is 0.304. The normalized spacial score (nSPS) is 14.4. The van der Waals surface area contributed by atoms with Crippen molar-refractivity contribution in [1.82, 2.24) is 9.80 Å². The Hall–Kier alpha value is -2.37. The fourth-order valence-electron chi connectivity index (χ4n) is 2.36. The number of rotatable bonds is 6. The number of hydrogen-bond acceptors (Lipinski definition) is 4. The Labute approximate surface area is 129 Å². The van der Waals surface area contributed by atoms with Gasteiger partial charge in [0, 0.05) is 39.4 Å². The molecule has 1 aromatic rings. The molecule has 0 radical (unpaired) electrons. The van der Waals surface area contributed by atoms with Crippen molar-refractivity contribution in [2.45, 2.75) is 25.8 Å². The third-order valence-electron chi connectivity index (χ3n) is 3.71. The summed E-state index contributed by atoms with van der Waals surface area (Å²) in [5.41, 5.74) is 0.991. The lowest BCUT2D eigenvalue weighted by Gasteiger charge is -2.19. The maximum absolute atomic E-state index is 12.1. The van der Waals surface area contributed by atoms with Gasteiger partial charge in [-0.1, -0.05) is 12.1 Å². The van der Waals surface area contributed by atoms with Gasteiger partial charge in [-0.25, -0.2) is 0 Å². The van der Waals surface area contributed by atoms with E-state index in [0.717, 1.165) is 11.3 Å². The second kappa shape index (κ2) is 7.06. The van der Waals surface area contributed by atoms with Gasteiger partial charge in [0.1, 0.15) is 5.75 Å². The molecule has 1 aliphatic rings. The molecule has 0 unspecified atom stereocenters. The molecule has 0 aliphatic carbocycles. The first-order valence-electron chi connectivity index (χ1n) is 7.21. The summed E-state index contributed by atoms with van der Waals surface area (Å²) in [4.78, 5) is 37.8. The van der Waals surface area contributed by atoms with Gasteiger partial charge in [-0.15, -0.1) is 0 Å². The second-order valence-corrected chi connectivity index (χ2v) is 5.29. The van der Waals surface area contributed by atoms with Crippen LogP contribution in [-0.2, 0) is 20.9 Å². The minimum Gasteiger partial charge on any atom is -0.497 e. The molecule has 0 N–H and O–H groups in total. The minimum atomic E-state index is -0.185. The molecular formula is C16H20N2O4. The Morgan fingerprint density at radius 1 is 1.18 bits per heavy atom. The molecule has 0 saturated carbocycles. The van der Waals surface area contributed by atoms with Crippen molar-refractivity contribution < 1.29 is 19.1 Å². The first kappa shape index (κ1) is 16.0. The van der Waals surface area contributed by atoms with Gasteiger partial charge < -0.3 is 9.64 Å². The molecule has 1 heterocycles. The van der Waals surface area contributed by atoms with E-state index in [-0.39, 0.29) is 43.5 Å². The van der Waals surface area contributed by atoms with Crippen LogP contribution in [0.15, 0.2) is 24.3 Å². The molecular weight excluding hydrogens is 284 g/mol. The molecule has 0 spiro atoms. The predicted molar refractivity (Wildman–Crippen MR) is 80.0 cm³/mol. The number of imide groups is 1. The molecule has 0 atom stereocenters. The standard InChI is InChI=1S/C16H20N2O4/c1-17(11-12-3-5-13(22-2)6-4-12)14(19)9-10-18-15(20)7-8-16(18)21/h3-6H,7-11H2,1-2H3. The van der Waals surface area contributed by atoms with Gasteiger partial charge in [0.15, 0.2) is 0 Å². The van der Waals surface area contributed by atoms with Crippen molar-refractivity contribution in [1.29, 1.82) is 0 Å².